The fourth-order valence-corrected chi connectivity index (χ4v) is 2.02. The number of alkyl halides is 3. The Kier molecular flexibility index (Phi) is 5.27. The van der Waals surface area contributed by atoms with Crippen LogP contribution in [0.25, 0.3) is 0 Å². The number of thioether (sulfide) groups is 1. The van der Waals surface area contributed by atoms with Crippen molar-refractivity contribution in [1.29, 1.82) is 0 Å². The molecule has 1 N–H and O–H groups in total. The summed E-state index contributed by atoms with van der Waals surface area (Å²) < 4.78 is 48.1. The van der Waals surface area contributed by atoms with Crippen LogP contribution in [0, 0.1) is 5.82 Å². The lowest BCUT2D eigenvalue weighted by atomic mass is 10.2. The van der Waals surface area contributed by atoms with E-state index < -0.39 is 18.7 Å². The number of rotatable bonds is 5. The summed E-state index contributed by atoms with van der Waals surface area (Å²) in [5.41, 5.74) is 0. The number of aliphatic hydroxyl groups is 1. The highest BCUT2D eigenvalue weighted by Crippen LogP contribution is 2.25. The van der Waals surface area contributed by atoms with Crippen LogP contribution in [0.1, 0.15) is 12.8 Å². The Balaban J connectivity index is 2.28. The van der Waals surface area contributed by atoms with Gasteiger partial charge in [0, 0.05) is 17.1 Å². The summed E-state index contributed by atoms with van der Waals surface area (Å²) in [5.74, 6) is -0.200. The van der Waals surface area contributed by atoms with Gasteiger partial charge in [0.15, 0.2) is 0 Å². The summed E-state index contributed by atoms with van der Waals surface area (Å²) >= 11 is 1.20. The van der Waals surface area contributed by atoms with Gasteiger partial charge >= 0.3 is 6.18 Å². The SMILES string of the molecule is OC(CCC(F)(F)F)CSc1ccc(F)cc1. The number of aliphatic hydroxyl groups excluding tert-OH is 1. The normalized spacial score (nSPS) is 13.7. The molecule has 17 heavy (non-hydrogen) atoms. The van der Waals surface area contributed by atoms with Crippen molar-refractivity contribution in [3.05, 3.63) is 30.1 Å². The summed E-state index contributed by atoms with van der Waals surface area (Å²) in [6.07, 6.45) is -6.54. The van der Waals surface area contributed by atoms with Crippen LogP contribution in [-0.2, 0) is 0 Å². The summed E-state index contributed by atoms with van der Waals surface area (Å²) in [7, 11) is 0. The minimum absolute atomic E-state index is 0.168. The van der Waals surface area contributed by atoms with Crippen molar-refractivity contribution in [1.82, 2.24) is 0 Å². The van der Waals surface area contributed by atoms with Crippen molar-refractivity contribution in [3.63, 3.8) is 0 Å². The van der Waals surface area contributed by atoms with E-state index in [-0.39, 0.29) is 18.0 Å². The van der Waals surface area contributed by atoms with Gasteiger partial charge in [-0.25, -0.2) is 4.39 Å². The predicted octanol–water partition coefficient (Wildman–Crippen LogP) is 3.62. The average Bonchev–Trinajstić information content (AvgIpc) is 2.25. The van der Waals surface area contributed by atoms with Crippen molar-refractivity contribution in [2.45, 2.75) is 30.0 Å². The molecule has 0 spiro atoms. The molecule has 1 nitrogen and oxygen atoms in total. The van der Waals surface area contributed by atoms with Gasteiger partial charge in [-0.15, -0.1) is 11.8 Å². The molecule has 0 heterocycles. The molecule has 0 amide bonds. The standard InChI is InChI=1S/C11H12F4OS/c12-8-1-3-10(4-2-8)17-7-9(16)5-6-11(13,14)15/h1-4,9,16H,5-7H2. The van der Waals surface area contributed by atoms with Crippen LogP contribution in [0.2, 0.25) is 0 Å². The Bertz CT molecular complexity index is 336. The molecule has 0 radical (unpaired) electrons. The fraction of sp³-hybridized carbons (Fsp3) is 0.455. The molecule has 6 heteroatoms. The monoisotopic (exact) mass is 268 g/mol. The Morgan fingerprint density at radius 1 is 1.18 bits per heavy atom. The van der Waals surface area contributed by atoms with E-state index in [2.05, 4.69) is 0 Å². The maximum atomic E-state index is 12.6. The van der Waals surface area contributed by atoms with Crippen LogP contribution in [-0.4, -0.2) is 23.1 Å². The molecule has 1 aromatic rings. The van der Waals surface area contributed by atoms with E-state index in [1.165, 1.54) is 36.0 Å². The molecule has 1 unspecified atom stereocenters. The molecule has 0 aliphatic carbocycles. The Hall–Kier alpha value is -0.750. The molecule has 1 atom stereocenters. The van der Waals surface area contributed by atoms with Gasteiger partial charge < -0.3 is 5.11 Å². The molecule has 96 valence electrons. The van der Waals surface area contributed by atoms with E-state index in [1.54, 1.807) is 0 Å². The highest BCUT2D eigenvalue weighted by atomic mass is 32.2. The van der Waals surface area contributed by atoms with Crippen molar-refractivity contribution in [2.75, 3.05) is 5.75 Å². The van der Waals surface area contributed by atoms with E-state index in [4.69, 9.17) is 0 Å². The smallest absolute Gasteiger partial charge is 0.389 e. The van der Waals surface area contributed by atoms with Gasteiger partial charge in [0.2, 0.25) is 0 Å². The second-order valence-electron chi connectivity index (χ2n) is 3.57. The zero-order valence-electron chi connectivity index (χ0n) is 8.88. The molecule has 0 bridgehead atoms. The molecule has 0 aromatic heterocycles. The van der Waals surface area contributed by atoms with Crippen molar-refractivity contribution < 1.29 is 22.7 Å². The van der Waals surface area contributed by atoms with Crippen LogP contribution in [0.3, 0.4) is 0 Å². The van der Waals surface area contributed by atoms with Crippen LogP contribution < -0.4 is 0 Å². The zero-order valence-corrected chi connectivity index (χ0v) is 9.69. The number of halogens is 4. The third-order valence-electron chi connectivity index (χ3n) is 2.02. The number of hydrogen-bond donors (Lipinski definition) is 1. The molecule has 1 aromatic carbocycles. The minimum Gasteiger partial charge on any atom is -0.392 e. The zero-order chi connectivity index (χ0) is 12.9. The number of benzene rings is 1. The molecule has 1 rings (SSSR count). The van der Waals surface area contributed by atoms with Gasteiger partial charge in [0.25, 0.3) is 0 Å². The van der Waals surface area contributed by atoms with E-state index in [0.717, 1.165) is 4.90 Å². The molecule has 0 saturated carbocycles. The third kappa shape index (κ3) is 6.53. The predicted molar refractivity (Wildman–Crippen MR) is 58.4 cm³/mol. The van der Waals surface area contributed by atoms with Crippen LogP contribution >= 0.6 is 11.8 Å². The topological polar surface area (TPSA) is 20.2 Å². The van der Waals surface area contributed by atoms with Crippen molar-refractivity contribution in [3.8, 4) is 0 Å². The van der Waals surface area contributed by atoms with E-state index in [1.807, 2.05) is 0 Å². The maximum absolute atomic E-state index is 12.6. The maximum Gasteiger partial charge on any atom is 0.389 e. The second-order valence-corrected chi connectivity index (χ2v) is 4.67. The lowest BCUT2D eigenvalue weighted by Gasteiger charge is -2.11. The summed E-state index contributed by atoms with van der Waals surface area (Å²) in [6, 6.07) is 5.59. The van der Waals surface area contributed by atoms with Crippen molar-refractivity contribution in [2.24, 2.45) is 0 Å². The fourth-order valence-electron chi connectivity index (χ4n) is 1.14. The summed E-state index contributed by atoms with van der Waals surface area (Å²) in [5, 5.41) is 9.33. The molecule has 0 fully saturated rings. The Morgan fingerprint density at radius 2 is 1.76 bits per heavy atom. The van der Waals surface area contributed by atoms with Gasteiger partial charge in [-0.1, -0.05) is 0 Å². The second kappa shape index (κ2) is 6.26. The highest BCUT2D eigenvalue weighted by molar-refractivity contribution is 7.99. The molecular weight excluding hydrogens is 256 g/mol. The lowest BCUT2D eigenvalue weighted by molar-refractivity contribution is -0.139. The summed E-state index contributed by atoms with van der Waals surface area (Å²) in [4.78, 5) is 0.720. The average molecular weight is 268 g/mol. The minimum atomic E-state index is -4.23. The van der Waals surface area contributed by atoms with E-state index in [0.29, 0.717) is 0 Å². The van der Waals surface area contributed by atoms with E-state index >= 15 is 0 Å². The largest absolute Gasteiger partial charge is 0.392 e. The van der Waals surface area contributed by atoms with E-state index in [9.17, 15) is 22.7 Å². The third-order valence-corrected chi connectivity index (χ3v) is 3.17. The van der Waals surface area contributed by atoms with Gasteiger partial charge in [0.05, 0.1) is 6.10 Å². The van der Waals surface area contributed by atoms with Crippen LogP contribution in [0.15, 0.2) is 29.2 Å². The first-order valence-electron chi connectivity index (χ1n) is 5.00. The Labute approximate surface area is 101 Å². The highest BCUT2D eigenvalue weighted by Gasteiger charge is 2.27. The van der Waals surface area contributed by atoms with Crippen LogP contribution in [0.4, 0.5) is 17.6 Å². The first kappa shape index (κ1) is 14.3. The quantitative estimate of drug-likeness (QED) is 0.650. The Morgan fingerprint density at radius 3 is 2.29 bits per heavy atom. The molecule has 0 aliphatic heterocycles. The first-order valence-corrected chi connectivity index (χ1v) is 5.98. The molecule has 0 saturated heterocycles. The summed E-state index contributed by atoms with van der Waals surface area (Å²) in [6.45, 7) is 0. The molecular formula is C11H12F4OS. The number of hydrogen-bond acceptors (Lipinski definition) is 2. The van der Waals surface area contributed by atoms with Gasteiger partial charge in [-0.3, -0.25) is 0 Å². The first-order chi connectivity index (χ1) is 7.87. The van der Waals surface area contributed by atoms with Gasteiger partial charge in [-0.2, -0.15) is 13.2 Å². The molecule has 0 aliphatic rings. The van der Waals surface area contributed by atoms with Gasteiger partial charge in [-0.05, 0) is 30.7 Å². The van der Waals surface area contributed by atoms with Crippen molar-refractivity contribution >= 4 is 11.8 Å². The van der Waals surface area contributed by atoms with Gasteiger partial charge in [0.1, 0.15) is 5.82 Å². The van der Waals surface area contributed by atoms with Crippen LogP contribution in [0.5, 0.6) is 0 Å². The lowest BCUT2D eigenvalue weighted by Crippen LogP contribution is -2.16.